The number of hydrogen-bond donors (Lipinski definition) is 2. The summed E-state index contributed by atoms with van der Waals surface area (Å²) in [7, 11) is 0. The third kappa shape index (κ3) is 13.8. The third-order valence-electron chi connectivity index (χ3n) is 4.61. The molecule has 2 N–H and O–H groups in total. The Morgan fingerprint density at radius 1 is 0.880 bits per heavy atom. The van der Waals surface area contributed by atoms with E-state index in [9.17, 15) is 14.7 Å². The van der Waals surface area contributed by atoms with E-state index in [1.54, 1.807) is 6.92 Å². The van der Waals surface area contributed by atoms with E-state index in [-0.39, 0.29) is 11.9 Å². The average molecular weight is 355 g/mol. The first-order valence-corrected chi connectivity index (χ1v) is 10.1. The highest BCUT2D eigenvalue weighted by atomic mass is 16.4. The SMILES string of the molecule is CCCCCC[C@@H](O)C/C=C\CCCCCCC(C(=O)O)C(=O)CC. The van der Waals surface area contributed by atoms with Gasteiger partial charge in [-0.2, -0.15) is 0 Å². The van der Waals surface area contributed by atoms with Crippen LogP contribution in [-0.4, -0.2) is 28.1 Å². The van der Waals surface area contributed by atoms with Gasteiger partial charge in [0.15, 0.2) is 0 Å². The Hall–Kier alpha value is -1.16. The molecule has 0 amide bonds. The van der Waals surface area contributed by atoms with Crippen molar-refractivity contribution in [2.45, 2.75) is 103 Å². The van der Waals surface area contributed by atoms with Crippen LogP contribution in [0.2, 0.25) is 0 Å². The molecule has 0 aromatic rings. The fraction of sp³-hybridized carbons (Fsp3) is 0.810. The molecule has 1 unspecified atom stereocenters. The second kappa shape index (κ2) is 16.3. The van der Waals surface area contributed by atoms with Gasteiger partial charge in [0, 0.05) is 6.42 Å². The van der Waals surface area contributed by atoms with Gasteiger partial charge in [0.25, 0.3) is 0 Å². The number of allylic oxidation sites excluding steroid dienone is 1. The van der Waals surface area contributed by atoms with Crippen molar-refractivity contribution in [2.75, 3.05) is 0 Å². The minimum atomic E-state index is -0.983. The minimum Gasteiger partial charge on any atom is -0.481 e. The summed E-state index contributed by atoms with van der Waals surface area (Å²) >= 11 is 0. The standard InChI is InChI=1S/C21H38O4/c1-3-5-6-12-15-18(22)16-13-10-8-7-9-11-14-17-19(21(24)25)20(23)4-2/h10,13,18-19,22H,3-9,11-12,14-17H2,1-2H3,(H,24,25)/b13-10-/t18-,19?/m1/s1. The number of Topliss-reactive ketones (excluding diaryl/α,β-unsaturated/α-hetero) is 1. The molecule has 0 aliphatic rings. The fourth-order valence-electron chi connectivity index (χ4n) is 2.93. The van der Waals surface area contributed by atoms with Crippen molar-refractivity contribution in [3.8, 4) is 0 Å². The van der Waals surface area contributed by atoms with Crippen LogP contribution in [0.3, 0.4) is 0 Å². The summed E-state index contributed by atoms with van der Waals surface area (Å²) < 4.78 is 0. The van der Waals surface area contributed by atoms with Gasteiger partial charge in [-0.25, -0.2) is 0 Å². The number of unbranched alkanes of at least 4 members (excludes halogenated alkanes) is 7. The van der Waals surface area contributed by atoms with E-state index in [0.29, 0.717) is 12.8 Å². The Balaban J connectivity index is 3.59. The topological polar surface area (TPSA) is 74.6 Å². The number of aliphatic hydroxyl groups is 1. The van der Waals surface area contributed by atoms with E-state index in [1.165, 1.54) is 19.3 Å². The molecule has 0 rings (SSSR count). The predicted octanol–water partition coefficient (Wildman–Crippen LogP) is 5.28. The molecule has 0 fully saturated rings. The first kappa shape index (κ1) is 23.8. The number of aliphatic carboxylic acids is 1. The summed E-state index contributed by atoms with van der Waals surface area (Å²) in [6, 6.07) is 0. The molecule has 0 spiro atoms. The summed E-state index contributed by atoms with van der Waals surface area (Å²) in [6.07, 6.45) is 16.1. The molecule has 4 nitrogen and oxygen atoms in total. The second-order valence-corrected chi connectivity index (χ2v) is 6.91. The Morgan fingerprint density at radius 2 is 1.52 bits per heavy atom. The van der Waals surface area contributed by atoms with Gasteiger partial charge < -0.3 is 10.2 Å². The van der Waals surface area contributed by atoms with Gasteiger partial charge in [0.1, 0.15) is 11.7 Å². The zero-order valence-corrected chi connectivity index (χ0v) is 16.2. The highest BCUT2D eigenvalue weighted by Gasteiger charge is 2.23. The molecule has 0 aliphatic heterocycles. The lowest BCUT2D eigenvalue weighted by molar-refractivity contribution is -0.146. The monoisotopic (exact) mass is 354 g/mol. The van der Waals surface area contributed by atoms with Crippen LogP contribution in [0.15, 0.2) is 12.2 Å². The van der Waals surface area contributed by atoms with Crippen molar-refractivity contribution in [2.24, 2.45) is 5.92 Å². The van der Waals surface area contributed by atoms with E-state index in [4.69, 9.17) is 5.11 Å². The van der Waals surface area contributed by atoms with Crippen molar-refractivity contribution in [3.63, 3.8) is 0 Å². The first-order valence-electron chi connectivity index (χ1n) is 10.1. The van der Waals surface area contributed by atoms with Gasteiger partial charge in [-0.1, -0.05) is 70.9 Å². The van der Waals surface area contributed by atoms with Crippen molar-refractivity contribution in [3.05, 3.63) is 12.2 Å². The Labute approximate surface area is 153 Å². The van der Waals surface area contributed by atoms with E-state index in [2.05, 4.69) is 19.1 Å². The van der Waals surface area contributed by atoms with Crippen molar-refractivity contribution in [1.29, 1.82) is 0 Å². The lowest BCUT2D eigenvalue weighted by Crippen LogP contribution is -2.23. The quantitative estimate of drug-likeness (QED) is 0.211. The molecule has 0 heterocycles. The number of carboxylic acids is 1. The molecule has 0 bridgehead atoms. The molecule has 0 saturated carbocycles. The minimum absolute atomic E-state index is 0.163. The van der Waals surface area contributed by atoms with Crippen LogP contribution >= 0.6 is 0 Å². The summed E-state index contributed by atoms with van der Waals surface area (Å²) in [4.78, 5) is 22.6. The summed E-state index contributed by atoms with van der Waals surface area (Å²) in [5.74, 6) is -1.96. The highest BCUT2D eigenvalue weighted by molar-refractivity contribution is 5.97. The van der Waals surface area contributed by atoms with Crippen LogP contribution in [0.4, 0.5) is 0 Å². The summed E-state index contributed by atoms with van der Waals surface area (Å²) in [5.41, 5.74) is 0. The predicted molar refractivity (Wildman–Crippen MR) is 103 cm³/mol. The van der Waals surface area contributed by atoms with Gasteiger partial charge in [-0.15, -0.1) is 0 Å². The Morgan fingerprint density at radius 3 is 2.16 bits per heavy atom. The number of carbonyl (C=O) groups is 2. The number of hydrogen-bond acceptors (Lipinski definition) is 3. The van der Waals surface area contributed by atoms with Gasteiger partial charge in [0.2, 0.25) is 0 Å². The zero-order chi connectivity index (χ0) is 18.9. The third-order valence-corrected chi connectivity index (χ3v) is 4.61. The largest absolute Gasteiger partial charge is 0.481 e. The van der Waals surface area contributed by atoms with Gasteiger partial charge >= 0.3 is 5.97 Å². The molecule has 25 heavy (non-hydrogen) atoms. The number of carbonyl (C=O) groups excluding carboxylic acids is 1. The van der Waals surface area contributed by atoms with Crippen LogP contribution in [-0.2, 0) is 9.59 Å². The molecule has 0 saturated heterocycles. The zero-order valence-electron chi connectivity index (χ0n) is 16.2. The molecule has 0 radical (unpaired) electrons. The average Bonchev–Trinajstić information content (AvgIpc) is 2.59. The molecule has 2 atom stereocenters. The van der Waals surface area contributed by atoms with E-state index in [0.717, 1.165) is 51.4 Å². The number of aliphatic hydroxyl groups excluding tert-OH is 1. The first-order chi connectivity index (χ1) is 12.0. The van der Waals surface area contributed by atoms with Crippen LogP contribution in [0, 0.1) is 5.92 Å². The van der Waals surface area contributed by atoms with Crippen LogP contribution in [0.1, 0.15) is 97.3 Å². The van der Waals surface area contributed by atoms with Gasteiger partial charge in [0.05, 0.1) is 6.10 Å². The lowest BCUT2D eigenvalue weighted by Gasteiger charge is -2.09. The van der Waals surface area contributed by atoms with Crippen molar-refractivity contribution in [1.82, 2.24) is 0 Å². The number of ketones is 1. The maximum atomic E-state index is 11.5. The fourth-order valence-corrected chi connectivity index (χ4v) is 2.93. The summed E-state index contributed by atoms with van der Waals surface area (Å²) in [5, 5.41) is 18.9. The molecule has 0 aromatic heterocycles. The van der Waals surface area contributed by atoms with E-state index < -0.39 is 11.9 Å². The van der Waals surface area contributed by atoms with E-state index >= 15 is 0 Å². The second-order valence-electron chi connectivity index (χ2n) is 6.91. The Bertz CT molecular complexity index is 376. The summed E-state index contributed by atoms with van der Waals surface area (Å²) in [6.45, 7) is 3.90. The maximum Gasteiger partial charge on any atom is 0.314 e. The molecule has 0 aromatic carbocycles. The molecular weight excluding hydrogens is 316 g/mol. The molecule has 4 heteroatoms. The number of rotatable bonds is 17. The molecule has 146 valence electrons. The highest BCUT2D eigenvalue weighted by Crippen LogP contribution is 2.15. The molecule has 0 aliphatic carbocycles. The maximum absolute atomic E-state index is 11.5. The van der Waals surface area contributed by atoms with Crippen molar-refractivity contribution < 1.29 is 19.8 Å². The van der Waals surface area contributed by atoms with Crippen molar-refractivity contribution >= 4 is 11.8 Å². The van der Waals surface area contributed by atoms with Gasteiger partial charge in [-0.3, -0.25) is 9.59 Å². The van der Waals surface area contributed by atoms with Crippen LogP contribution in [0.5, 0.6) is 0 Å². The number of carboxylic acid groups (broad SMARTS) is 1. The lowest BCUT2D eigenvalue weighted by atomic mass is 9.95. The van der Waals surface area contributed by atoms with E-state index in [1.807, 2.05) is 0 Å². The van der Waals surface area contributed by atoms with Gasteiger partial charge in [-0.05, 0) is 32.1 Å². The van der Waals surface area contributed by atoms with Crippen LogP contribution < -0.4 is 0 Å². The smallest absolute Gasteiger partial charge is 0.314 e. The normalized spacial score (nSPS) is 13.9. The van der Waals surface area contributed by atoms with Crippen LogP contribution in [0.25, 0.3) is 0 Å². The molecular formula is C21H38O4. The Kier molecular flexibility index (Phi) is 15.6.